The maximum absolute atomic E-state index is 13.3. The number of Topliss-reactive ketones (excluding diaryl/α,β-unsaturated/α-hetero) is 2. The fourth-order valence-corrected chi connectivity index (χ4v) is 3.81. The van der Waals surface area contributed by atoms with E-state index in [-0.39, 0.29) is 28.3 Å². The number of rotatable bonds is 3. The minimum atomic E-state index is -4.63. The number of ketones is 2. The van der Waals surface area contributed by atoms with Crippen molar-refractivity contribution in [1.82, 2.24) is 0 Å². The molecular formula is C20H18ClF3O4. The van der Waals surface area contributed by atoms with Gasteiger partial charge >= 0.3 is 6.18 Å². The van der Waals surface area contributed by atoms with Crippen molar-refractivity contribution in [3.05, 3.63) is 57.0 Å². The van der Waals surface area contributed by atoms with Crippen LogP contribution in [-0.2, 0) is 15.8 Å². The summed E-state index contributed by atoms with van der Waals surface area (Å²) in [7, 11) is 0. The molecule has 3 rings (SSSR count). The summed E-state index contributed by atoms with van der Waals surface area (Å²) in [4.78, 5) is 25.6. The van der Waals surface area contributed by atoms with Crippen molar-refractivity contribution < 1.29 is 33.0 Å². The van der Waals surface area contributed by atoms with Crippen LogP contribution in [-0.4, -0.2) is 21.8 Å². The fraction of sp³-hybridized carbons (Fsp3) is 0.400. The number of aliphatic hydroxyl groups excluding tert-OH is 2. The summed E-state index contributed by atoms with van der Waals surface area (Å²) in [5.74, 6) is -4.00. The molecule has 4 nitrogen and oxygen atoms in total. The summed E-state index contributed by atoms with van der Waals surface area (Å²) < 4.78 is 40.0. The van der Waals surface area contributed by atoms with E-state index < -0.39 is 51.9 Å². The van der Waals surface area contributed by atoms with Crippen LogP contribution < -0.4 is 0 Å². The maximum Gasteiger partial charge on any atom is 0.416 e. The third-order valence-corrected chi connectivity index (χ3v) is 5.66. The highest BCUT2D eigenvalue weighted by molar-refractivity contribution is 6.30. The highest BCUT2D eigenvalue weighted by Gasteiger charge is 2.53. The van der Waals surface area contributed by atoms with E-state index in [1.807, 2.05) is 0 Å². The molecular weight excluding hydrogens is 397 g/mol. The first kappa shape index (κ1) is 20.5. The van der Waals surface area contributed by atoms with Crippen LogP contribution >= 0.6 is 11.6 Å². The SMILES string of the molecule is CC1=C(O)C(C)(C)C(=O)C(C(=O)C2C[C@@H]2c2ccc(Cl)cc2C(F)(F)F)=C1O. The van der Waals surface area contributed by atoms with Crippen molar-refractivity contribution in [3.63, 3.8) is 0 Å². The Kier molecular flexibility index (Phi) is 4.65. The molecule has 2 aliphatic rings. The van der Waals surface area contributed by atoms with Crippen LogP contribution in [0.3, 0.4) is 0 Å². The van der Waals surface area contributed by atoms with Gasteiger partial charge in [-0.05, 0) is 50.8 Å². The first-order valence-corrected chi connectivity index (χ1v) is 8.95. The van der Waals surface area contributed by atoms with Gasteiger partial charge in [-0.3, -0.25) is 9.59 Å². The molecule has 2 atom stereocenters. The van der Waals surface area contributed by atoms with Crippen molar-refractivity contribution in [2.75, 3.05) is 0 Å². The second kappa shape index (κ2) is 6.37. The lowest BCUT2D eigenvalue weighted by molar-refractivity contribution is -0.138. The molecule has 1 saturated carbocycles. The van der Waals surface area contributed by atoms with Gasteiger partial charge in [0.05, 0.1) is 11.0 Å². The summed E-state index contributed by atoms with van der Waals surface area (Å²) in [6, 6.07) is 3.37. The fourth-order valence-electron chi connectivity index (χ4n) is 3.64. The third-order valence-electron chi connectivity index (χ3n) is 5.43. The molecule has 150 valence electrons. The number of carbonyl (C=O) groups is 2. The number of allylic oxidation sites excluding steroid dienone is 3. The van der Waals surface area contributed by atoms with Gasteiger partial charge in [-0.2, -0.15) is 13.2 Å². The Labute approximate surface area is 164 Å². The highest BCUT2D eigenvalue weighted by Crippen LogP contribution is 2.54. The number of aliphatic hydroxyl groups is 2. The molecule has 1 unspecified atom stereocenters. The molecule has 1 aromatic carbocycles. The summed E-state index contributed by atoms with van der Waals surface area (Å²) in [5, 5.41) is 20.3. The van der Waals surface area contributed by atoms with Gasteiger partial charge in [0, 0.05) is 16.5 Å². The number of hydrogen-bond acceptors (Lipinski definition) is 4. The average molecular weight is 415 g/mol. The van der Waals surface area contributed by atoms with E-state index in [2.05, 4.69) is 0 Å². The predicted octanol–water partition coefficient (Wildman–Crippen LogP) is 5.28. The van der Waals surface area contributed by atoms with Crippen molar-refractivity contribution in [2.45, 2.75) is 39.3 Å². The lowest BCUT2D eigenvalue weighted by Gasteiger charge is -2.29. The van der Waals surface area contributed by atoms with Gasteiger partial charge < -0.3 is 10.2 Å². The van der Waals surface area contributed by atoms with Crippen LogP contribution in [0, 0.1) is 11.3 Å². The van der Waals surface area contributed by atoms with Gasteiger partial charge in [-0.15, -0.1) is 0 Å². The van der Waals surface area contributed by atoms with E-state index in [0.717, 1.165) is 6.07 Å². The molecule has 1 aromatic rings. The first-order valence-electron chi connectivity index (χ1n) is 8.58. The van der Waals surface area contributed by atoms with Crippen LogP contribution in [0.15, 0.2) is 40.9 Å². The zero-order chi connectivity index (χ0) is 21.2. The third kappa shape index (κ3) is 3.11. The Morgan fingerprint density at radius 3 is 2.43 bits per heavy atom. The second-order valence-corrected chi connectivity index (χ2v) is 8.13. The standard InChI is InChI=1S/C20H18ClF3O4/c1-8-15(25)14(18(28)19(2,3)17(8)27)16(26)12-7-11(12)10-5-4-9(21)6-13(10)20(22,23)24/h4-6,11-12,25,27H,7H2,1-3H3/t11-,12?/m1/s1. The number of benzene rings is 1. The summed E-state index contributed by atoms with van der Waals surface area (Å²) in [6.07, 6.45) is -4.51. The molecule has 0 aliphatic heterocycles. The molecule has 0 saturated heterocycles. The number of alkyl halides is 3. The molecule has 0 aromatic heterocycles. The molecule has 0 spiro atoms. The molecule has 2 aliphatic carbocycles. The van der Waals surface area contributed by atoms with Crippen LogP contribution in [0.1, 0.15) is 44.2 Å². The van der Waals surface area contributed by atoms with Gasteiger partial charge in [-0.1, -0.05) is 17.7 Å². The van der Waals surface area contributed by atoms with Gasteiger partial charge in [-0.25, -0.2) is 0 Å². The van der Waals surface area contributed by atoms with Crippen molar-refractivity contribution in [1.29, 1.82) is 0 Å². The first-order chi connectivity index (χ1) is 12.8. The van der Waals surface area contributed by atoms with Crippen LogP contribution in [0.4, 0.5) is 13.2 Å². The van der Waals surface area contributed by atoms with Gasteiger partial charge in [0.1, 0.15) is 17.1 Å². The zero-order valence-corrected chi connectivity index (χ0v) is 16.1. The second-order valence-electron chi connectivity index (χ2n) is 7.69. The molecule has 2 N–H and O–H groups in total. The number of halogens is 4. The monoisotopic (exact) mass is 414 g/mol. The lowest BCUT2D eigenvalue weighted by Crippen LogP contribution is -2.36. The highest BCUT2D eigenvalue weighted by atomic mass is 35.5. The molecule has 0 radical (unpaired) electrons. The van der Waals surface area contributed by atoms with E-state index >= 15 is 0 Å². The molecule has 8 heteroatoms. The number of hydrogen-bond donors (Lipinski definition) is 2. The van der Waals surface area contributed by atoms with Crippen molar-refractivity contribution in [2.24, 2.45) is 11.3 Å². The van der Waals surface area contributed by atoms with E-state index in [0.29, 0.717) is 0 Å². The summed E-state index contributed by atoms with van der Waals surface area (Å²) >= 11 is 5.69. The van der Waals surface area contributed by atoms with Crippen LogP contribution in [0.25, 0.3) is 0 Å². The number of carbonyl (C=O) groups excluding carboxylic acids is 2. The van der Waals surface area contributed by atoms with E-state index in [1.54, 1.807) is 0 Å². The lowest BCUT2D eigenvalue weighted by atomic mass is 9.74. The van der Waals surface area contributed by atoms with E-state index in [9.17, 15) is 33.0 Å². The minimum Gasteiger partial charge on any atom is -0.511 e. The van der Waals surface area contributed by atoms with Gasteiger partial charge in [0.15, 0.2) is 11.6 Å². The van der Waals surface area contributed by atoms with E-state index in [1.165, 1.54) is 32.9 Å². The quantitative estimate of drug-likeness (QED) is 0.659. The topological polar surface area (TPSA) is 74.6 Å². The van der Waals surface area contributed by atoms with Crippen LogP contribution in [0.5, 0.6) is 0 Å². The largest absolute Gasteiger partial charge is 0.511 e. The Morgan fingerprint density at radius 2 is 1.86 bits per heavy atom. The Bertz CT molecular complexity index is 957. The predicted molar refractivity (Wildman–Crippen MR) is 96.1 cm³/mol. The zero-order valence-electron chi connectivity index (χ0n) is 15.3. The summed E-state index contributed by atoms with van der Waals surface area (Å²) in [5.41, 5.74) is -2.83. The Morgan fingerprint density at radius 1 is 1.25 bits per heavy atom. The summed E-state index contributed by atoms with van der Waals surface area (Å²) in [6.45, 7) is 4.20. The van der Waals surface area contributed by atoms with E-state index in [4.69, 9.17) is 11.6 Å². The normalized spacial score (nSPS) is 24.6. The van der Waals surface area contributed by atoms with Crippen molar-refractivity contribution >= 4 is 23.2 Å². The molecule has 0 bridgehead atoms. The molecule has 1 fully saturated rings. The Balaban J connectivity index is 1.97. The maximum atomic E-state index is 13.3. The average Bonchev–Trinajstić information content (AvgIpc) is 3.38. The minimum absolute atomic E-state index is 0.00706. The smallest absolute Gasteiger partial charge is 0.416 e. The van der Waals surface area contributed by atoms with Gasteiger partial charge in [0.2, 0.25) is 0 Å². The Hall–Kier alpha value is -2.28. The van der Waals surface area contributed by atoms with Crippen LogP contribution in [0.2, 0.25) is 5.02 Å². The molecule has 0 amide bonds. The van der Waals surface area contributed by atoms with Crippen molar-refractivity contribution in [3.8, 4) is 0 Å². The molecule has 28 heavy (non-hydrogen) atoms. The molecule has 0 heterocycles. The van der Waals surface area contributed by atoms with Gasteiger partial charge in [0.25, 0.3) is 0 Å².